The van der Waals surface area contributed by atoms with Crippen molar-refractivity contribution < 1.29 is 27.8 Å². The minimum atomic E-state index is -0.698. The molecule has 5 rings (SSSR count). The van der Waals surface area contributed by atoms with Crippen molar-refractivity contribution in [1.82, 2.24) is 9.38 Å². The molecule has 6 nitrogen and oxygen atoms in total. The predicted octanol–water partition coefficient (Wildman–Crippen LogP) is 6.43. The Morgan fingerprint density at radius 2 is 1.87 bits per heavy atom. The lowest BCUT2D eigenvalue weighted by atomic mass is 9.87. The van der Waals surface area contributed by atoms with E-state index in [4.69, 9.17) is 9.47 Å². The zero-order valence-electron chi connectivity index (χ0n) is 21.6. The highest BCUT2D eigenvalue weighted by atomic mass is 32.1. The maximum absolute atomic E-state index is 14.1. The summed E-state index contributed by atoms with van der Waals surface area (Å²) in [4.78, 5) is 32.4. The number of rotatable bonds is 7. The molecule has 0 unspecified atom stereocenters. The van der Waals surface area contributed by atoms with E-state index in [-0.39, 0.29) is 36.3 Å². The van der Waals surface area contributed by atoms with Crippen LogP contribution < -0.4 is 4.74 Å². The lowest BCUT2D eigenvalue weighted by Crippen LogP contribution is -2.31. The fourth-order valence-corrected chi connectivity index (χ4v) is 6.01. The highest BCUT2D eigenvalue weighted by Crippen LogP contribution is 2.44. The summed E-state index contributed by atoms with van der Waals surface area (Å²) in [7, 11) is 0. The van der Waals surface area contributed by atoms with Crippen molar-refractivity contribution >= 4 is 28.7 Å². The molecule has 0 spiro atoms. The number of carbonyl (C=O) groups excluding carboxylic acids is 2. The molecule has 3 aromatic heterocycles. The van der Waals surface area contributed by atoms with Crippen LogP contribution in [-0.4, -0.2) is 26.7 Å². The third kappa shape index (κ3) is 4.95. The van der Waals surface area contributed by atoms with Crippen molar-refractivity contribution in [3.63, 3.8) is 0 Å². The summed E-state index contributed by atoms with van der Waals surface area (Å²) in [5.41, 5.74) is 1.46. The first kappa shape index (κ1) is 26.0. The summed E-state index contributed by atoms with van der Waals surface area (Å²) in [6, 6.07) is 8.95. The lowest BCUT2D eigenvalue weighted by Gasteiger charge is -2.25. The topological polar surface area (TPSA) is 69.9 Å². The van der Waals surface area contributed by atoms with Gasteiger partial charge in [0.05, 0.1) is 17.2 Å². The monoisotopic (exact) mass is 538 g/mol. The number of hydrogen-bond donors (Lipinski definition) is 0. The summed E-state index contributed by atoms with van der Waals surface area (Å²) in [6.07, 6.45) is 2.37. The van der Waals surface area contributed by atoms with E-state index in [0.717, 1.165) is 10.4 Å². The number of aromatic nitrogens is 2. The molecule has 0 aliphatic heterocycles. The second-order valence-corrected chi connectivity index (χ2v) is 11.5. The largest absolute Gasteiger partial charge is 0.485 e. The van der Waals surface area contributed by atoms with E-state index in [1.165, 1.54) is 18.2 Å². The van der Waals surface area contributed by atoms with Crippen LogP contribution in [0.15, 0.2) is 48.0 Å². The molecule has 0 fully saturated rings. The van der Waals surface area contributed by atoms with Crippen LogP contribution in [0.2, 0.25) is 0 Å². The average Bonchev–Trinajstić information content (AvgIpc) is 3.51. The number of Topliss-reactive ketones (excluding diaryl/α,β-unsaturated/α-hetero) is 1. The SMILES string of the molecule is Cc1nc2c(OCc3c(F)cccc3F)cccn2c1C(=O)C[C@@H]1c2ccsc2C[C@H]1C(=O)OC(C)(C)C. The van der Waals surface area contributed by atoms with Crippen LogP contribution in [-0.2, 0) is 22.6 Å². The molecule has 0 N–H and O–H groups in total. The smallest absolute Gasteiger partial charge is 0.310 e. The van der Waals surface area contributed by atoms with Crippen molar-refractivity contribution in [2.24, 2.45) is 5.92 Å². The van der Waals surface area contributed by atoms with Crippen molar-refractivity contribution in [3.05, 3.63) is 87.0 Å². The van der Waals surface area contributed by atoms with Gasteiger partial charge in [-0.05, 0) is 75.4 Å². The number of nitrogens with zero attached hydrogens (tertiary/aromatic N) is 2. The zero-order chi connectivity index (χ0) is 27.2. The van der Waals surface area contributed by atoms with Crippen molar-refractivity contribution in [1.29, 1.82) is 0 Å². The highest BCUT2D eigenvalue weighted by Gasteiger charge is 2.41. The van der Waals surface area contributed by atoms with Crippen molar-refractivity contribution in [3.8, 4) is 5.75 Å². The van der Waals surface area contributed by atoms with Gasteiger partial charge in [-0.25, -0.2) is 13.8 Å². The van der Waals surface area contributed by atoms with Gasteiger partial charge in [0.1, 0.15) is 29.5 Å². The van der Waals surface area contributed by atoms with Crippen LogP contribution in [0, 0.1) is 24.5 Å². The van der Waals surface area contributed by atoms with Crippen LogP contribution in [0.5, 0.6) is 5.75 Å². The number of ketones is 1. The van der Waals surface area contributed by atoms with E-state index < -0.39 is 23.2 Å². The number of thiophene rings is 1. The van der Waals surface area contributed by atoms with E-state index in [0.29, 0.717) is 29.2 Å². The van der Waals surface area contributed by atoms with Crippen LogP contribution in [0.25, 0.3) is 5.65 Å². The molecule has 1 aliphatic carbocycles. The Kier molecular flexibility index (Phi) is 6.81. The van der Waals surface area contributed by atoms with Crippen LogP contribution in [0.4, 0.5) is 8.78 Å². The summed E-state index contributed by atoms with van der Waals surface area (Å²) < 4.78 is 41.2. The molecule has 38 heavy (non-hydrogen) atoms. The number of fused-ring (bicyclic) bond motifs is 2. The van der Waals surface area contributed by atoms with Gasteiger partial charge >= 0.3 is 5.97 Å². The third-order valence-electron chi connectivity index (χ3n) is 6.67. The van der Waals surface area contributed by atoms with Crippen LogP contribution in [0.3, 0.4) is 0 Å². The van der Waals surface area contributed by atoms with Crippen molar-refractivity contribution in [2.45, 2.75) is 58.7 Å². The Labute approximate surface area is 223 Å². The average molecular weight is 539 g/mol. The summed E-state index contributed by atoms with van der Waals surface area (Å²) >= 11 is 1.59. The van der Waals surface area contributed by atoms with Gasteiger partial charge in [-0.1, -0.05) is 6.07 Å². The van der Waals surface area contributed by atoms with E-state index in [1.807, 2.05) is 32.2 Å². The number of carbonyl (C=O) groups is 2. The molecule has 4 aromatic rings. The number of pyridine rings is 1. The van der Waals surface area contributed by atoms with Gasteiger partial charge in [-0.15, -0.1) is 11.3 Å². The van der Waals surface area contributed by atoms with Crippen LogP contribution >= 0.6 is 11.3 Å². The first-order valence-corrected chi connectivity index (χ1v) is 13.3. The van der Waals surface area contributed by atoms with E-state index in [9.17, 15) is 18.4 Å². The summed E-state index contributed by atoms with van der Waals surface area (Å²) in [5.74, 6) is -2.30. The first-order valence-electron chi connectivity index (χ1n) is 12.4. The van der Waals surface area contributed by atoms with Gasteiger partial charge in [0.15, 0.2) is 17.2 Å². The molecule has 9 heteroatoms. The Bertz CT molecular complexity index is 1520. The zero-order valence-corrected chi connectivity index (χ0v) is 22.4. The maximum Gasteiger partial charge on any atom is 0.310 e. The number of imidazole rings is 1. The molecular formula is C29H28F2N2O4S. The highest BCUT2D eigenvalue weighted by molar-refractivity contribution is 7.10. The normalized spacial score (nSPS) is 17.0. The Balaban J connectivity index is 1.42. The van der Waals surface area contributed by atoms with Gasteiger partial charge < -0.3 is 9.47 Å². The van der Waals surface area contributed by atoms with Gasteiger partial charge in [0.25, 0.3) is 0 Å². The van der Waals surface area contributed by atoms with Gasteiger partial charge in [-0.2, -0.15) is 0 Å². The van der Waals surface area contributed by atoms with E-state index in [1.54, 1.807) is 41.0 Å². The summed E-state index contributed by atoms with van der Waals surface area (Å²) in [5, 5.41) is 1.98. The number of halogens is 2. The second-order valence-electron chi connectivity index (χ2n) is 10.5. The van der Waals surface area contributed by atoms with Gasteiger partial charge in [0, 0.05) is 23.4 Å². The fourth-order valence-electron chi connectivity index (χ4n) is 5.00. The molecule has 0 bridgehead atoms. The predicted molar refractivity (Wildman–Crippen MR) is 140 cm³/mol. The molecule has 3 heterocycles. The molecule has 2 atom stereocenters. The van der Waals surface area contributed by atoms with Crippen molar-refractivity contribution in [2.75, 3.05) is 0 Å². The molecule has 1 aliphatic rings. The number of ether oxygens (including phenoxy) is 2. The second kappa shape index (κ2) is 9.94. The Morgan fingerprint density at radius 3 is 2.58 bits per heavy atom. The Morgan fingerprint density at radius 1 is 1.13 bits per heavy atom. The number of aryl methyl sites for hydroxylation is 1. The minimum Gasteiger partial charge on any atom is -0.485 e. The fraction of sp³-hybridized carbons (Fsp3) is 0.345. The molecule has 0 radical (unpaired) electrons. The number of esters is 1. The molecule has 0 saturated heterocycles. The van der Waals surface area contributed by atoms with E-state index in [2.05, 4.69) is 4.98 Å². The minimum absolute atomic E-state index is 0.119. The lowest BCUT2D eigenvalue weighted by molar-refractivity contribution is -0.160. The van der Waals surface area contributed by atoms with Gasteiger partial charge in [-0.3, -0.25) is 14.0 Å². The molecular weight excluding hydrogens is 510 g/mol. The quantitative estimate of drug-likeness (QED) is 0.200. The standard InChI is InChI=1S/C29H28F2N2O4S/c1-16-26(23(34)13-18-17-10-12-38-25(17)14-19(18)28(35)37-29(2,3)4)33-11-6-9-24(27(33)32-16)36-15-20-21(30)7-5-8-22(20)31/h5-12,18-19H,13-15H2,1-4H3/t18-,19-/m1/s1. The molecule has 0 saturated carbocycles. The summed E-state index contributed by atoms with van der Waals surface area (Å²) in [6.45, 7) is 6.90. The molecule has 198 valence electrons. The molecule has 1 aromatic carbocycles. The number of hydrogen-bond acceptors (Lipinski definition) is 6. The van der Waals surface area contributed by atoms with Crippen LogP contribution in [0.1, 0.15) is 65.3 Å². The molecule has 0 amide bonds. The first-order chi connectivity index (χ1) is 18.0. The van der Waals surface area contributed by atoms with E-state index >= 15 is 0 Å². The maximum atomic E-state index is 14.1. The van der Waals surface area contributed by atoms with Gasteiger partial charge in [0.2, 0.25) is 0 Å². The third-order valence-corrected chi connectivity index (χ3v) is 7.63. The Hall–Kier alpha value is -3.59. The number of benzene rings is 1.